The number of rotatable bonds is 2. The van der Waals surface area contributed by atoms with Gasteiger partial charge in [0.25, 0.3) is 0 Å². The number of fused-ring (bicyclic) bond motifs is 1. The molecule has 3 rings (SSSR count). The minimum atomic E-state index is 0.337. The summed E-state index contributed by atoms with van der Waals surface area (Å²) < 4.78 is 0. The first-order valence-corrected chi connectivity index (χ1v) is 8.39. The van der Waals surface area contributed by atoms with E-state index >= 15 is 0 Å². The van der Waals surface area contributed by atoms with Crippen LogP contribution in [0.4, 0.5) is 0 Å². The van der Waals surface area contributed by atoms with E-state index in [1.165, 1.54) is 32.1 Å². The molecule has 0 bridgehead atoms. The first-order valence-electron chi connectivity index (χ1n) is 8.39. The number of hydrogen-bond acceptors (Lipinski definition) is 3. The van der Waals surface area contributed by atoms with Gasteiger partial charge in [-0.05, 0) is 43.4 Å². The lowest BCUT2D eigenvalue weighted by atomic mass is 9.78. The predicted molar refractivity (Wildman–Crippen MR) is 80.2 cm³/mol. The first-order chi connectivity index (χ1) is 9.63. The zero-order chi connectivity index (χ0) is 14.1. The average molecular weight is 279 g/mol. The number of nitrogens with zero attached hydrogens (tertiary/aromatic N) is 2. The molecule has 0 aromatic heterocycles. The summed E-state index contributed by atoms with van der Waals surface area (Å²) in [5.74, 6) is 2.50. The fourth-order valence-corrected chi connectivity index (χ4v) is 4.29. The summed E-state index contributed by atoms with van der Waals surface area (Å²) in [5, 5.41) is 0. The summed E-state index contributed by atoms with van der Waals surface area (Å²) >= 11 is 0. The fraction of sp³-hybridized carbons (Fsp3) is 0.938. The molecule has 4 nitrogen and oxygen atoms in total. The Morgan fingerprint density at radius 2 is 1.90 bits per heavy atom. The van der Waals surface area contributed by atoms with Gasteiger partial charge >= 0.3 is 0 Å². The molecule has 2 N–H and O–H groups in total. The highest BCUT2D eigenvalue weighted by Crippen LogP contribution is 2.35. The highest BCUT2D eigenvalue weighted by Gasteiger charge is 2.39. The molecule has 2 saturated heterocycles. The maximum absolute atomic E-state index is 12.4. The number of hydrogen-bond donors (Lipinski definition) is 1. The van der Waals surface area contributed by atoms with E-state index < -0.39 is 0 Å². The molecule has 0 radical (unpaired) electrons. The Hall–Kier alpha value is -0.610. The van der Waals surface area contributed by atoms with E-state index in [4.69, 9.17) is 5.73 Å². The zero-order valence-corrected chi connectivity index (χ0v) is 12.8. The number of carbonyl (C=O) groups excluding carboxylic acids is 1. The molecule has 1 aliphatic carbocycles. The van der Waals surface area contributed by atoms with Crippen molar-refractivity contribution in [3.05, 3.63) is 0 Å². The van der Waals surface area contributed by atoms with Crippen LogP contribution in [-0.4, -0.2) is 54.5 Å². The molecule has 1 amide bonds. The van der Waals surface area contributed by atoms with Crippen LogP contribution in [0.3, 0.4) is 0 Å². The lowest BCUT2D eigenvalue weighted by Crippen LogP contribution is -2.43. The third kappa shape index (κ3) is 3.01. The van der Waals surface area contributed by atoms with Crippen LogP contribution in [0, 0.1) is 17.8 Å². The highest BCUT2D eigenvalue weighted by atomic mass is 16.2. The average Bonchev–Trinajstić information content (AvgIpc) is 2.83. The van der Waals surface area contributed by atoms with Crippen LogP contribution in [0.5, 0.6) is 0 Å². The molecular weight excluding hydrogens is 250 g/mol. The molecule has 0 aromatic rings. The van der Waals surface area contributed by atoms with Crippen molar-refractivity contribution in [1.82, 2.24) is 9.80 Å². The summed E-state index contributed by atoms with van der Waals surface area (Å²) in [5.41, 5.74) is 6.25. The molecular formula is C16H29N3O. The molecule has 3 aliphatic rings. The molecule has 114 valence electrons. The Bertz CT molecular complexity index is 352. The lowest BCUT2D eigenvalue weighted by molar-refractivity contribution is -0.133. The minimum absolute atomic E-state index is 0.337. The summed E-state index contributed by atoms with van der Waals surface area (Å²) in [6, 6.07) is 0.365. The first kappa shape index (κ1) is 14.3. The van der Waals surface area contributed by atoms with Gasteiger partial charge in [0.05, 0.1) is 6.54 Å². The monoisotopic (exact) mass is 279 g/mol. The Kier molecular flexibility index (Phi) is 4.32. The van der Waals surface area contributed by atoms with Crippen LogP contribution in [-0.2, 0) is 4.79 Å². The van der Waals surface area contributed by atoms with Crippen molar-refractivity contribution in [3.63, 3.8) is 0 Å². The van der Waals surface area contributed by atoms with Crippen molar-refractivity contribution in [2.75, 3.05) is 32.7 Å². The van der Waals surface area contributed by atoms with Gasteiger partial charge in [0, 0.05) is 32.2 Å². The van der Waals surface area contributed by atoms with Crippen molar-refractivity contribution in [3.8, 4) is 0 Å². The van der Waals surface area contributed by atoms with E-state index in [0.717, 1.165) is 38.0 Å². The second-order valence-corrected chi connectivity index (χ2v) is 7.28. The smallest absolute Gasteiger partial charge is 0.236 e. The van der Waals surface area contributed by atoms with Gasteiger partial charge in [-0.3, -0.25) is 9.69 Å². The van der Waals surface area contributed by atoms with E-state index in [2.05, 4.69) is 16.7 Å². The Balaban J connectivity index is 1.50. The molecule has 3 atom stereocenters. The number of nitrogens with two attached hydrogens (primary N) is 1. The number of amides is 1. The Morgan fingerprint density at radius 1 is 1.15 bits per heavy atom. The third-order valence-corrected chi connectivity index (χ3v) is 5.72. The highest BCUT2D eigenvalue weighted by molar-refractivity contribution is 5.78. The summed E-state index contributed by atoms with van der Waals surface area (Å²) in [4.78, 5) is 16.8. The van der Waals surface area contributed by atoms with Gasteiger partial charge in [0.2, 0.25) is 5.91 Å². The number of carbonyl (C=O) groups is 1. The molecule has 2 aliphatic heterocycles. The van der Waals surface area contributed by atoms with Gasteiger partial charge in [0.1, 0.15) is 0 Å². The quantitative estimate of drug-likeness (QED) is 0.829. The normalized spacial score (nSPS) is 36.1. The van der Waals surface area contributed by atoms with Gasteiger partial charge in [-0.15, -0.1) is 0 Å². The number of likely N-dealkylation sites (tertiary alicyclic amines) is 2. The molecule has 0 aromatic carbocycles. The van der Waals surface area contributed by atoms with Crippen LogP contribution in [0.25, 0.3) is 0 Å². The van der Waals surface area contributed by atoms with Crippen molar-refractivity contribution in [1.29, 1.82) is 0 Å². The van der Waals surface area contributed by atoms with Crippen molar-refractivity contribution >= 4 is 5.91 Å². The maximum Gasteiger partial charge on any atom is 0.236 e. The van der Waals surface area contributed by atoms with Crippen LogP contribution < -0.4 is 5.73 Å². The predicted octanol–water partition coefficient (Wildman–Crippen LogP) is 1.30. The second kappa shape index (κ2) is 6.02. The molecule has 1 saturated carbocycles. The van der Waals surface area contributed by atoms with Gasteiger partial charge in [-0.2, -0.15) is 0 Å². The van der Waals surface area contributed by atoms with Gasteiger partial charge in [-0.25, -0.2) is 0 Å². The van der Waals surface area contributed by atoms with E-state index in [1.807, 2.05) is 0 Å². The van der Waals surface area contributed by atoms with E-state index in [0.29, 0.717) is 24.4 Å². The summed E-state index contributed by atoms with van der Waals surface area (Å²) in [6.07, 6.45) is 6.09. The van der Waals surface area contributed by atoms with E-state index in [-0.39, 0.29) is 0 Å². The van der Waals surface area contributed by atoms with Crippen molar-refractivity contribution < 1.29 is 4.79 Å². The zero-order valence-electron chi connectivity index (χ0n) is 12.8. The third-order valence-electron chi connectivity index (χ3n) is 5.72. The summed E-state index contributed by atoms with van der Waals surface area (Å²) in [6.45, 7) is 6.96. The van der Waals surface area contributed by atoms with Crippen LogP contribution in [0.1, 0.15) is 39.0 Å². The number of piperidine rings is 1. The molecule has 3 fully saturated rings. The largest absolute Gasteiger partial charge is 0.342 e. The maximum atomic E-state index is 12.4. The van der Waals surface area contributed by atoms with Gasteiger partial charge in [0.15, 0.2) is 0 Å². The summed E-state index contributed by atoms with van der Waals surface area (Å²) in [7, 11) is 0. The van der Waals surface area contributed by atoms with Gasteiger partial charge in [-0.1, -0.05) is 13.3 Å². The van der Waals surface area contributed by atoms with Gasteiger partial charge < -0.3 is 10.6 Å². The van der Waals surface area contributed by atoms with Crippen LogP contribution in [0.15, 0.2) is 0 Å². The molecule has 20 heavy (non-hydrogen) atoms. The van der Waals surface area contributed by atoms with E-state index in [9.17, 15) is 4.79 Å². The topological polar surface area (TPSA) is 49.6 Å². The molecule has 4 heteroatoms. The molecule has 0 spiro atoms. The molecule has 3 unspecified atom stereocenters. The Labute approximate surface area is 122 Å². The lowest BCUT2D eigenvalue weighted by Gasteiger charge is -2.31. The van der Waals surface area contributed by atoms with Crippen LogP contribution >= 0.6 is 0 Å². The second-order valence-electron chi connectivity index (χ2n) is 7.28. The Morgan fingerprint density at radius 3 is 2.60 bits per heavy atom. The van der Waals surface area contributed by atoms with Crippen molar-refractivity contribution in [2.24, 2.45) is 23.5 Å². The standard InChI is InChI=1S/C16H29N3O/c1-12-5-7-19(8-6-12)16(20)11-18-9-13-3-2-4-15(17)14(13)10-18/h12-15H,2-11,17H2,1H3. The molecule has 2 heterocycles. The van der Waals surface area contributed by atoms with Crippen molar-refractivity contribution in [2.45, 2.75) is 45.1 Å². The fourth-order valence-electron chi connectivity index (χ4n) is 4.29. The minimum Gasteiger partial charge on any atom is -0.342 e. The van der Waals surface area contributed by atoms with E-state index in [1.54, 1.807) is 0 Å². The van der Waals surface area contributed by atoms with Crippen LogP contribution in [0.2, 0.25) is 0 Å². The SMILES string of the molecule is CC1CCN(C(=O)CN2CC3CCCC(N)C3C2)CC1.